The summed E-state index contributed by atoms with van der Waals surface area (Å²) in [4.78, 5) is 11.6. The Balaban J connectivity index is 1.88. The molecule has 1 saturated heterocycles. The second-order valence-electron chi connectivity index (χ2n) is 5.59. The van der Waals surface area contributed by atoms with Crippen LogP contribution in [-0.4, -0.2) is 48.2 Å². The highest BCUT2D eigenvalue weighted by Gasteiger charge is 2.23. The number of nitrogens with one attached hydrogen (secondary N) is 1. The fourth-order valence-electron chi connectivity index (χ4n) is 2.86. The molecule has 0 aromatic carbocycles. The number of nitrogens with zero attached hydrogens (tertiary/aromatic N) is 5. The highest BCUT2D eigenvalue weighted by atomic mass is 32.2. The van der Waals surface area contributed by atoms with Gasteiger partial charge in [-0.1, -0.05) is 13.8 Å². The average Bonchev–Trinajstić information content (AvgIpc) is 2.79. The van der Waals surface area contributed by atoms with E-state index in [1.165, 1.54) is 0 Å². The van der Waals surface area contributed by atoms with Crippen LogP contribution >= 0.6 is 11.8 Å². The topological polar surface area (TPSA) is 84.9 Å². The fourth-order valence-corrected chi connectivity index (χ4v) is 4.25. The Labute approximate surface area is 128 Å². The smallest absolute Gasteiger partial charge is 0.163 e. The minimum atomic E-state index is 0.635. The molecule has 1 fully saturated rings. The van der Waals surface area contributed by atoms with Crippen LogP contribution in [0.1, 0.15) is 19.7 Å². The summed E-state index contributed by atoms with van der Waals surface area (Å²) in [6.07, 6.45) is 1.73. The van der Waals surface area contributed by atoms with Crippen LogP contribution in [0.25, 0.3) is 11.0 Å². The molecule has 0 aliphatic carbocycles. The molecule has 2 aromatic heterocycles. The Morgan fingerprint density at radius 2 is 2.05 bits per heavy atom. The zero-order chi connectivity index (χ0) is 15.0. The third kappa shape index (κ3) is 2.97. The van der Waals surface area contributed by atoms with Gasteiger partial charge in [-0.05, 0) is 0 Å². The molecule has 0 bridgehead atoms. The van der Waals surface area contributed by atoms with Gasteiger partial charge in [0.25, 0.3) is 0 Å². The molecule has 2 unspecified atom stereocenters. The van der Waals surface area contributed by atoms with Crippen molar-refractivity contribution in [1.29, 1.82) is 0 Å². The SMILES string of the molecule is CC1CN(Cc2nc(NN)c3cnn(C)c3n2)CC(C)S1. The maximum absolute atomic E-state index is 5.58. The van der Waals surface area contributed by atoms with Gasteiger partial charge in [0.1, 0.15) is 5.82 Å². The molecule has 1 aliphatic heterocycles. The Bertz CT molecular complexity index is 631. The number of hydrazine groups is 1. The van der Waals surface area contributed by atoms with Crippen LogP contribution in [0.3, 0.4) is 0 Å². The number of anilines is 1. The standard InChI is InChI=1S/C13H21N7S/c1-8-5-20(6-9(2)21-8)7-11-16-12(18-14)10-4-15-19(3)13(10)17-11/h4,8-9H,5-7,14H2,1-3H3,(H,16,17,18). The number of thioether (sulfide) groups is 1. The second-order valence-corrected chi connectivity index (χ2v) is 7.47. The monoisotopic (exact) mass is 307 g/mol. The third-order valence-corrected chi connectivity index (χ3v) is 4.86. The summed E-state index contributed by atoms with van der Waals surface area (Å²) in [5, 5.41) is 6.35. The normalized spacial score (nSPS) is 23.6. The van der Waals surface area contributed by atoms with Gasteiger partial charge in [-0.2, -0.15) is 16.9 Å². The van der Waals surface area contributed by atoms with Crippen LogP contribution < -0.4 is 11.3 Å². The number of hydrogen-bond donors (Lipinski definition) is 2. The Morgan fingerprint density at radius 1 is 1.33 bits per heavy atom. The van der Waals surface area contributed by atoms with E-state index in [9.17, 15) is 0 Å². The summed E-state index contributed by atoms with van der Waals surface area (Å²) in [5.41, 5.74) is 3.46. The van der Waals surface area contributed by atoms with E-state index in [2.05, 4.69) is 39.2 Å². The van der Waals surface area contributed by atoms with E-state index in [-0.39, 0.29) is 0 Å². The van der Waals surface area contributed by atoms with E-state index in [1.807, 2.05) is 18.8 Å². The fraction of sp³-hybridized carbons (Fsp3) is 0.615. The molecular formula is C13H21N7S. The first-order valence-corrected chi connectivity index (χ1v) is 8.04. The van der Waals surface area contributed by atoms with E-state index in [4.69, 9.17) is 5.84 Å². The molecule has 3 heterocycles. The van der Waals surface area contributed by atoms with Crippen molar-refractivity contribution < 1.29 is 0 Å². The van der Waals surface area contributed by atoms with Crippen molar-refractivity contribution in [2.45, 2.75) is 30.9 Å². The van der Waals surface area contributed by atoms with Crippen LogP contribution in [0, 0.1) is 0 Å². The zero-order valence-electron chi connectivity index (χ0n) is 12.6. The molecule has 114 valence electrons. The van der Waals surface area contributed by atoms with Gasteiger partial charge in [0, 0.05) is 30.6 Å². The summed E-state index contributed by atoms with van der Waals surface area (Å²) in [7, 11) is 1.88. The number of nitrogens with two attached hydrogens (primary N) is 1. The minimum absolute atomic E-state index is 0.635. The van der Waals surface area contributed by atoms with Crippen LogP contribution in [0.5, 0.6) is 0 Å². The molecule has 0 spiro atoms. The summed E-state index contributed by atoms with van der Waals surface area (Å²) < 4.78 is 1.75. The largest absolute Gasteiger partial charge is 0.308 e. The van der Waals surface area contributed by atoms with Crippen molar-refractivity contribution in [2.24, 2.45) is 12.9 Å². The maximum atomic E-state index is 5.58. The third-order valence-electron chi connectivity index (χ3n) is 3.64. The molecule has 2 atom stereocenters. The molecule has 0 saturated carbocycles. The van der Waals surface area contributed by atoms with Gasteiger partial charge in [-0.15, -0.1) is 0 Å². The van der Waals surface area contributed by atoms with Gasteiger partial charge in [0.15, 0.2) is 11.5 Å². The minimum Gasteiger partial charge on any atom is -0.308 e. The molecule has 7 nitrogen and oxygen atoms in total. The summed E-state index contributed by atoms with van der Waals surface area (Å²) in [6.45, 7) is 7.40. The van der Waals surface area contributed by atoms with Crippen molar-refractivity contribution in [2.75, 3.05) is 18.5 Å². The van der Waals surface area contributed by atoms with E-state index in [0.717, 1.165) is 36.5 Å². The van der Waals surface area contributed by atoms with E-state index in [1.54, 1.807) is 10.9 Å². The first kappa shape index (κ1) is 14.6. The van der Waals surface area contributed by atoms with E-state index in [0.29, 0.717) is 16.3 Å². The average molecular weight is 307 g/mol. The highest BCUT2D eigenvalue weighted by molar-refractivity contribution is 8.00. The first-order valence-electron chi connectivity index (χ1n) is 7.10. The number of hydrogen-bond acceptors (Lipinski definition) is 7. The van der Waals surface area contributed by atoms with Gasteiger partial charge in [-0.25, -0.2) is 15.8 Å². The number of aryl methyl sites for hydroxylation is 1. The lowest BCUT2D eigenvalue weighted by Crippen LogP contribution is -2.40. The van der Waals surface area contributed by atoms with E-state index >= 15 is 0 Å². The predicted molar refractivity (Wildman–Crippen MR) is 85.9 cm³/mol. The molecule has 0 amide bonds. The Hall–Kier alpha value is -1.38. The summed E-state index contributed by atoms with van der Waals surface area (Å²) in [5.74, 6) is 6.99. The maximum Gasteiger partial charge on any atom is 0.163 e. The lowest BCUT2D eigenvalue weighted by atomic mass is 10.3. The number of aromatic nitrogens is 4. The van der Waals surface area contributed by atoms with Crippen LogP contribution in [0.15, 0.2) is 6.20 Å². The first-order chi connectivity index (χ1) is 10.1. The van der Waals surface area contributed by atoms with Crippen LogP contribution in [-0.2, 0) is 13.6 Å². The van der Waals surface area contributed by atoms with Crippen molar-refractivity contribution in [3.63, 3.8) is 0 Å². The van der Waals surface area contributed by atoms with Gasteiger partial charge in [-0.3, -0.25) is 9.58 Å². The molecule has 1 aliphatic rings. The van der Waals surface area contributed by atoms with Crippen LogP contribution in [0.2, 0.25) is 0 Å². The van der Waals surface area contributed by atoms with Crippen LogP contribution in [0.4, 0.5) is 5.82 Å². The van der Waals surface area contributed by atoms with Crippen molar-refractivity contribution in [1.82, 2.24) is 24.6 Å². The van der Waals surface area contributed by atoms with E-state index < -0.39 is 0 Å². The Morgan fingerprint density at radius 3 is 2.71 bits per heavy atom. The molecule has 3 N–H and O–H groups in total. The highest BCUT2D eigenvalue weighted by Crippen LogP contribution is 2.26. The molecular weight excluding hydrogens is 286 g/mol. The predicted octanol–water partition coefficient (Wildman–Crippen LogP) is 0.975. The summed E-state index contributed by atoms with van der Waals surface area (Å²) >= 11 is 2.04. The number of nitrogen functional groups attached to an aromatic ring is 1. The van der Waals surface area contributed by atoms with Gasteiger partial charge in [0.2, 0.25) is 0 Å². The summed E-state index contributed by atoms with van der Waals surface area (Å²) in [6, 6.07) is 0. The van der Waals surface area contributed by atoms with Crippen molar-refractivity contribution in [3.05, 3.63) is 12.0 Å². The number of rotatable bonds is 3. The lowest BCUT2D eigenvalue weighted by molar-refractivity contribution is 0.257. The molecule has 3 rings (SSSR count). The zero-order valence-corrected chi connectivity index (χ0v) is 13.4. The molecule has 21 heavy (non-hydrogen) atoms. The quantitative estimate of drug-likeness (QED) is 0.645. The van der Waals surface area contributed by atoms with Gasteiger partial charge >= 0.3 is 0 Å². The second kappa shape index (κ2) is 5.78. The van der Waals surface area contributed by atoms with Gasteiger partial charge in [0.05, 0.1) is 18.1 Å². The van der Waals surface area contributed by atoms with Gasteiger partial charge < -0.3 is 5.43 Å². The van der Waals surface area contributed by atoms with Crippen molar-refractivity contribution >= 4 is 28.6 Å². The Kier molecular flexibility index (Phi) is 4.01. The van der Waals surface area contributed by atoms with Crippen molar-refractivity contribution in [3.8, 4) is 0 Å². The molecule has 0 radical (unpaired) electrons. The molecule has 2 aromatic rings. The lowest BCUT2D eigenvalue weighted by Gasteiger charge is -2.34. The number of fused-ring (bicyclic) bond motifs is 1. The molecule has 8 heteroatoms.